The van der Waals surface area contributed by atoms with Crippen LogP contribution in [-0.2, 0) is 10.0 Å². The minimum Gasteiger partial charge on any atom is -0.207 e. The summed E-state index contributed by atoms with van der Waals surface area (Å²) in [5.41, 5.74) is 3.67. The van der Waals surface area contributed by atoms with E-state index in [1.165, 1.54) is 0 Å². The lowest BCUT2D eigenvalue weighted by atomic mass is 9.90. The predicted octanol–water partition coefficient (Wildman–Crippen LogP) is 6.47. The SMILES string of the molecule is CC1=CCC(c2ccc(Cl)cc2)N(S(=O)(=O)c2ccccc2C)[C@H]1c1ccccc1. The number of sulfonamides is 1. The zero-order valence-electron chi connectivity index (χ0n) is 17.0. The van der Waals surface area contributed by atoms with Crippen molar-refractivity contribution in [1.82, 2.24) is 4.31 Å². The smallest absolute Gasteiger partial charge is 0.207 e. The molecule has 5 heteroatoms. The highest BCUT2D eigenvalue weighted by Crippen LogP contribution is 2.45. The van der Waals surface area contributed by atoms with Crippen LogP contribution < -0.4 is 0 Å². The summed E-state index contributed by atoms with van der Waals surface area (Å²) in [6.07, 6.45) is 2.77. The van der Waals surface area contributed by atoms with Gasteiger partial charge < -0.3 is 0 Å². The van der Waals surface area contributed by atoms with E-state index >= 15 is 0 Å². The fourth-order valence-corrected chi connectivity index (χ4v) is 6.36. The molecule has 30 heavy (non-hydrogen) atoms. The summed E-state index contributed by atoms with van der Waals surface area (Å²) in [6, 6.07) is 23.8. The van der Waals surface area contributed by atoms with Crippen molar-refractivity contribution in [2.75, 3.05) is 0 Å². The standard InChI is InChI=1S/C25H24ClNO2S/c1-18-8-6-7-11-24(18)30(28,29)27-23(20-13-15-22(26)16-14-20)17-12-19(2)25(27)21-9-4-3-5-10-21/h3-16,23,25H,17H2,1-2H3/t23?,25-/m1/s1. The van der Waals surface area contributed by atoms with Crippen LogP contribution in [0.5, 0.6) is 0 Å². The molecule has 0 saturated carbocycles. The lowest BCUT2D eigenvalue weighted by Crippen LogP contribution is -2.41. The van der Waals surface area contributed by atoms with Crippen LogP contribution in [0.15, 0.2) is 95.4 Å². The fraction of sp³-hybridized carbons (Fsp3) is 0.200. The third-order valence-corrected chi connectivity index (χ3v) is 7.96. The molecule has 0 amide bonds. The number of aryl methyl sites for hydroxylation is 1. The highest BCUT2D eigenvalue weighted by atomic mass is 35.5. The van der Waals surface area contributed by atoms with Crippen LogP contribution in [0.25, 0.3) is 0 Å². The van der Waals surface area contributed by atoms with Gasteiger partial charge in [-0.2, -0.15) is 4.31 Å². The van der Waals surface area contributed by atoms with Gasteiger partial charge >= 0.3 is 0 Å². The zero-order chi connectivity index (χ0) is 21.3. The Morgan fingerprint density at radius 2 is 1.47 bits per heavy atom. The zero-order valence-corrected chi connectivity index (χ0v) is 18.6. The lowest BCUT2D eigenvalue weighted by molar-refractivity contribution is 0.261. The minimum atomic E-state index is -3.77. The van der Waals surface area contributed by atoms with E-state index in [0.29, 0.717) is 16.3 Å². The molecule has 0 radical (unpaired) electrons. The first-order valence-electron chi connectivity index (χ1n) is 9.96. The van der Waals surface area contributed by atoms with Gasteiger partial charge in [-0.25, -0.2) is 8.42 Å². The summed E-state index contributed by atoms with van der Waals surface area (Å²) >= 11 is 6.10. The molecule has 0 N–H and O–H groups in total. The van der Waals surface area contributed by atoms with E-state index in [4.69, 9.17) is 11.6 Å². The molecule has 2 atom stereocenters. The van der Waals surface area contributed by atoms with Gasteiger partial charge in [0, 0.05) is 5.02 Å². The van der Waals surface area contributed by atoms with Crippen LogP contribution in [0.3, 0.4) is 0 Å². The first-order chi connectivity index (χ1) is 14.4. The highest BCUT2D eigenvalue weighted by molar-refractivity contribution is 7.89. The summed E-state index contributed by atoms with van der Waals surface area (Å²) in [6.45, 7) is 3.85. The molecule has 0 fully saturated rings. The number of benzene rings is 3. The molecule has 3 aromatic rings. The summed E-state index contributed by atoms with van der Waals surface area (Å²) in [7, 11) is -3.77. The molecule has 0 spiro atoms. The van der Waals surface area contributed by atoms with Gasteiger partial charge in [0.2, 0.25) is 10.0 Å². The van der Waals surface area contributed by atoms with Crippen LogP contribution in [-0.4, -0.2) is 12.7 Å². The molecule has 0 aromatic heterocycles. The molecule has 3 nitrogen and oxygen atoms in total. The van der Waals surface area contributed by atoms with E-state index in [0.717, 1.165) is 22.3 Å². The molecule has 1 unspecified atom stereocenters. The van der Waals surface area contributed by atoms with E-state index < -0.39 is 10.0 Å². The van der Waals surface area contributed by atoms with Crippen molar-refractivity contribution < 1.29 is 8.42 Å². The number of hydrogen-bond acceptors (Lipinski definition) is 2. The molecule has 1 aliphatic heterocycles. The van der Waals surface area contributed by atoms with Crippen molar-refractivity contribution in [3.8, 4) is 0 Å². The van der Waals surface area contributed by atoms with Crippen LogP contribution in [0.2, 0.25) is 5.02 Å². The van der Waals surface area contributed by atoms with Gasteiger partial charge in [0.15, 0.2) is 0 Å². The molecule has 4 rings (SSSR count). The largest absolute Gasteiger partial charge is 0.244 e. The maximum atomic E-state index is 14.1. The molecule has 1 heterocycles. The average Bonchev–Trinajstić information content (AvgIpc) is 2.75. The van der Waals surface area contributed by atoms with Gasteiger partial charge in [0.1, 0.15) is 0 Å². The van der Waals surface area contributed by atoms with Crippen molar-refractivity contribution >= 4 is 21.6 Å². The second-order valence-corrected chi connectivity index (χ2v) is 9.91. The highest BCUT2D eigenvalue weighted by Gasteiger charge is 2.41. The Labute approximate surface area is 183 Å². The summed E-state index contributed by atoms with van der Waals surface area (Å²) in [4.78, 5) is 0.347. The Hall–Kier alpha value is -2.40. The van der Waals surface area contributed by atoms with Crippen LogP contribution in [0.1, 0.15) is 42.1 Å². The average molecular weight is 438 g/mol. The molecular weight excluding hydrogens is 414 g/mol. The molecule has 154 valence electrons. The molecule has 0 saturated heterocycles. The quantitative estimate of drug-likeness (QED) is 0.438. The third-order valence-electron chi connectivity index (χ3n) is 5.68. The van der Waals surface area contributed by atoms with Crippen molar-refractivity contribution in [3.63, 3.8) is 0 Å². The maximum absolute atomic E-state index is 14.1. The Balaban J connectivity index is 1.93. The van der Waals surface area contributed by atoms with Crippen LogP contribution >= 0.6 is 11.6 Å². The lowest BCUT2D eigenvalue weighted by Gasteiger charge is -2.41. The van der Waals surface area contributed by atoms with Crippen molar-refractivity contribution in [2.45, 2.75) is 37.2 Å². The van der Waals surface area contributed by atoms with Crippen molar-refractivity contribution in [2.24, 2.45) is 0 Å². The second-order valence-electron chi connectivity index (χ2n) is 7.66. The number of rotatable bonds is 4. The predicted molar refractivity (Wildman–Crippen MR) is 122 cm³/mol. The van der Waals surface area contributed by atoms with E-state index in [9.17, 15) is 8.42 Å². The maximum Gasteiger partial charge on any atom is 0.244 e. The molecule has 0 aliphatic carbocycles. The first kappa shape index (κ1) is 20.9. The molecule has 0 bridgehead atoms. The Morgan fingerprint density at radius 1 is 0.833 bits per heavy atom. The monoisotopic (exact) mass is 437 g/mol. The van der Waals surface area contributed by atoms with Crippen molar-refractivity contribution in [3.05, 3.63) is 112 Å². The third kappa shape index (κ3) is 3.83. The summed E-state index contributed by atoms with van der Waals surface area (Å²) in [5.74, 6) is 0. The number of hydrogen-bond donors (Lipinski definition) is 0. The van der Waals surface area contributed by atoms with E-state index in [2.05, 4.69) is 6.08 Å². The summed E-state index contributed by atoms with van der Waals surface area (Å²) in [5, 5.41) is 0.634. The van der Waals surface area contributed by atoms with E-state index in [-0.39, 0.29) is 12.1 Å². The molecular formula is C25H24ClNO2S. The Bertz CT molecular complexity index is 1170. The van der Waals surface area contributed by atoms with Gasteiger partial charge in [-0.05, 0) is 55.2 Å². The van der Waals surface area contributed by atoms with Crippen molar-refractivity contribution in [1.29, 1.82) is 0 Å². The van der Waals surface area contributed by atoms with E-state index in [1.807, 2.05) is 80.6 Å². The van der Waals surface area contributed by atoms with Gasteiger partial charge in [-0.1, -0.05) is 83.9 Å². The second kappa shape index (κ2) is 8.38. The van der Waals surface area contributed by atoms with Gasteiger partial charge in [0.25, 0.3) is 0 Å². The van der Waals surface area contributed by atoms with E-state index in [1.54, 1.807) is 16.4 Å². The fourth-order valence-electron chi connectivity index (χ4n) is 4.17. The first-order valence-corrected chi connectivity index (χ1v) is 11.8. The van der Waals surface area contributed by atoms with Crippen LogP contribution in [0.4, 0.5) is 0 Å². The van der Waals surface area contributed by atoms with Gasteiger partial charge in [-0.3, -0.25) is 0 Å². The normalized spacial score (nSPS) is 20.0. The minimum absolute atomic E-state index is 0.319. The number of halogens is 1. The number of nitrogens with zero attached hydrogens (tertiary/aromatic N) is 1. The Kier molecular flexibility index (Phi) is 5.83. The topological polar surface area (TPSA) is 37.4 Å². The van der Waals surface area contributed by atoms with Crippen LogP contribution in [0, 0.1) is 6.92 Å². The molecule has 3 aromatic carbocycles. The van der Waals surface area contributed by atoms with Gasteiger partial charge in [0.05, 0.1) is 17.0 Å². The Morgan fingerprint density at radius 3 is 2.13 bits per heavy atom. The molecule has 1 aliphatic rings. The summed E-state index contributed by atoms with van der Waals surface area (Å²) < 4.78 is 29.8. The van der Waals surface area contributed by atoms with Gasteiger partial charge in [-0.15, -0.1) is 0 Å².